The van der Waals surface area contributed by atoms with Gasteiger partial charge in [0.05, 0.1) is 0 Å². The van der Waals surface area contributed by atoms with Crippen molar-refractivity contribution in [3.8, 4) is 0 Å². The van der Waals surface area contributed by atoms with Crippen molar-refractivity contribution >= 4 is 17.4 Å². The Bertz CT molecular complexity index is 416. The van der Waals surface area contributed by atoms with Crippen molar-refractivity contribution in [3.05, 3.63) is 17.0 Å². The van der Waals surface area contributed by atoms with Crippen molar-refractivity contribution < 1.29 is 0 Å². The molecular formula is C14H23ClN4. The Morgan fingerprint density at radius 2 is 1.89 bits per heavy atom. The molecule has 0 bridgehead atoms. The van der Waals surface area contributed by atoms with Crippen LogP contribution in [-0.4, -0.2) is 47.1 Å². The van der Waals surface area contributed by atoms with Crippen LogP contribution >= 0.6 is 11.6 Å². The molecule has 5 heteroatoms. The van der Waals surface area contributed by atoms with Crippen molar-refractivity contribution in [1.29, 1.82) is 0 Å². The Morgan fingerprint density at radius 1 is 1.21 bits per heavy atom. The molecule has 2 heterocycles. The van der Waals surface area contributed by atoms with Gasteiger partial charge in [0.15, 0.2) is 0 Å². The highest BCUT2D eigenvalue weighted by atomic mass is 35.5. The first-order valence-corrected chi connectivity index (χ1v) is 7.54. The molecule has 1 saturated heterocycles. The van der Waals surface area contributed by atoms with Gasteiger partial charge in [-0.25, -0.2) is 9.97 Å². The Kier molecular flexibility index (Phi) is 4.99. The summed E-state index contributed by atoms with van der Waals surface area (Å²) in [5, 5.41) is 0.547. The lowest BCUT2D eigenvalue weighted by Crippen LogP contribution is -2.49. The van der Waals surface area contributed by atoms with Gasteiger partial charge in [-0.15, -0.1) is 0 Å². The fourth-order valence-electron chi connectivity index (χ4n) is 2.42. The minimum atomic E-state index is 0.547. The molecule has 1 aliphatic rings. The van der Waals surface area contributed by atoms with Gasteiger partial charge in [0, 0.05) is 44.7 Å². The Labute approximate surface area is 120 Å². The molecule has 1 atom stereocenters. The van der Waals surface area contributed by atoms with E-state index in [-0.39, 0.29) is 0 Å². The van der Waals surface area contributed by atoms with Crippen LogP contribution < -0.4 is 4.90 Å². The van der Waals surface area contributed by atoms with Gasteiger partial charge >= 0.3 is 0 Å². The lowest BCUT2D eigenvalue weighted by molar-refractivity contribution is 0.192. The number of anilines is 1. The van der Waals surface area contributed by atoms with Crippen LogP contribution in [0.4, 0.5) is 5.82 Å². The van der Waals surface area contributed by atoms with E-state index in [1.807, 2.05) is 6.07 Å². The SMILES string of the molecule is CCc1nc(Cl)cc(N2CCN(C(C)CC)CC2)n1. The molecule has 4 nitrogen and oxygen atoms in total. The van der Waals surface area contributed by atoms with Crippen LogP contribution in [0.1, 0.15) is 33.0 Å². The van der Waals surface area contributed by atoms with Gasteiger partial charge in [-0.1, -0.05) is 25.4 Å². The molecule has 0 radical (unpaired) electrons. The second kappa shape index (κ2) is 6.53. The van der Waals surface area contributed by atoms with E-state index in [0.717, 1.165) is 44.2 Å². The van der Waals surface area contributed by atoms with Crippen LogP contribution in [0, 0.1) is 0 Å². The number of hydrogen-bond donors (Lipinski definition) is 0. The molecule has 0 amide bonds. The number of aryl methyl sites for hydroxylation is 1. The molecule has 0 spiro atoms. The summed E-state index contributed by atoms with van der Waals surface area (Å²) in [7, 11) is 0. The highest BCUT2D eigenvalue weighted by molar-refractivity contribution is 6.29. The van der Waals surface area contributed by atoms with Gasteiger partial charge in [-0.05, 0) is 13.3 Å². The number of aromatic nitrogens is 2. The van der Waals surface area contributed by atoms with E-state index in [2.05, 4.69) is 40.5 Å². The minimum Gasteiger partial charge on any atom is -0.354 e. The van der Waals surface area contributed by atoms with Crippen molar-refractivity contribution in [3.63, 3.8) is 0 Å². The molecule has 1 fully saturated rings. The van der Waals surface area contributed by atoms with Crippen LogP contribution in [0.5, 0.6) is 0 Å². The van der Waals surface area contributed by atoms with Crippen molar-refractivity contribution in [2.75, 3.05) is 31.1 Å². The van der Waals surface area contributed by atoms with E-state index >= 15 is 0 Å². The average molecular weight is 283 g/mol. The molecule has 1 aliphatic heterocycles. The molecule has 0 N–H and O–H groups in total. The lowest BCUT2D eigenvalue weighted by atomic mass is 10.2. The zero-order valence-corrected chi connectivity index (χ0v) is 12.8. The summed E-state index contributed by atoms with van der Waals surface area (Å²) in [4.78, 5) is 13.7. The zero-order chi connectivity index (χ0) is 13.8. The van der Waals surface area contributed by atoms with Crippen molar-refractivity contribution in [2.45, 2.75) is 39.7 Å². The van der Waals surface area contributed by atoms with Gasteiger partial charge in [-0.3, -0.25) is 4.90 Å². The normalized spacial score (nSPS) is 18.6. The summed E-state index contributed by atoms with van der Waals surface area (Å²) in [6, 6.07) is 2.54. The van der Waals surface area contributed by atoms with Crippen LogP contribution in [0.15, 0.2) is 6.07 Å². The third-order valence-electron chi connectivity index (χ3n) is 3.90. The van der Waals surface area contributed by atoms with Crippen LogP contribution in [0.25, 0.3) is 0 Å². The Hall–Kier alpha value is -0.870. The Balaban J connectivity index is 2.03. The number of rotatable bonds is 4. The highest BCUT2D eigenvalue weighted by Gasteiger charge is 2.21. The first kappa shape index (κ1) is 14.5. The van der Waals surface area contributed by atoms with E-state index in [9.17, 15) is 0 Å². The summed E-state index contributed by atoms with van der Waals surface area (Å²) < 4.78 is 0. The first-order valence-electron chi connectivity index (χ1n) is 7.16. The van der Waals surface area contributed by atoms with Gasteiger partial charge in [-0.2, -0.15) is 0 Å². The number of piperazine rings is 1. The maximum absolute atomic E-state index is 6.06. The molecule has 0 saturated carbocycles. The highest BCUT2D eigenvalue weighted by Crippen LogP contribution is 2.19. The van der Waals surface area contributed by atoms with E-state index < -0.39 is 0 Å². The minimum absolute atomic E-state index is 0.547. The summed E-state index contributed by atoms with van der Waals surface area (Å²) in [5.74, 6) is 1.80. The topological polar surface area (TPSA) is 32.3 Å². The van der Waals surface area contributed by atoms with E-state index in [0.29, 0.717) is 11.2 Å². The molecule has 1 unspecified atom stereocenters. The third-order valence-corrected chi connectivity index (χ3v) is 4.09. The molecule has 1 aromatic rings. The number of halogens is 1. The first-order chi connectivity index (χ1) is 9.13. The van der Waals surface area contributed by atoms with Gasteiger partial charge in [0.2, 0.25) is 0 Å². The predicted molar refractivity (Wildman–Crippen MR) is 80.0 cm³/mol. The van der Waals surface area contributed by atoms with Gasteiger partial charge < -0.3 is 4.90 Å². The molecule has 0 aliphatic carbocycles. The maximum atomic E-state index is 6.06. The van der Waals surface area contributed by atoms with Crippen LogP contribution in [-0.2, 0) is 6.42 Å². The number of hydrogen-bond acceptors (Lipinski definition) is 4. The molecule has 1 aromatic heterocycles. The number of nitrogens with zero attached hydrogens (tertiary/aromatic N) is 4. The molecule has 19 heavy (non-hydrogen) atoms. The summed E-state index contributed by atoms with van der Waals surface area (Å²) in [6.07, 6.45) is 2.03. The van der Waals surface area contributed by atoms with E-state index in [4.69, 9.17) is 11.6 Å². The van der Waals surface area contributed by atoms with E-state index in [1.54, 1.807) is 0 Å². The van der Waals surface area contributed by atoms with Crippen LogP contribution in [0.2, 0.25) is 5.15 Å². The summed E-state index contributed by atoms with van der Waals surface area (Å²) in [5.41, 5.74) is 0. The smallest absolute Gasteiger partial charge is 0.134 e. The lowest BCUT2D eigenvalue weighted by Gasteiger charge is -2.38. The van der Waals surface area contributed by atoms with Crippen molar-refractivity contribution in [2.24, 2.45) is 0 Å². The second-order valence-corrected chi connectivity index (χ2v) is 5.49. The molecule has 2 rings (SSSR count). The monoisotopic (exact) mass is 282 g/mol. The predicted octanol–water partition coefficient (Wildman–Crippen LogP) is 2.61. The average Bonchev–Trinajstić information content (AvgIpc) is 2.46. The van der Waals surface area contributed by atoms with E-state index in [1.165, 1.54) is 6.42 Å². The van der Waals surface area contributed by atoms with Gasteiger partial charge in [0.25, 0.3) is 0 Å². The fourth-order valence-corrected chi connectivity index (χ4v) is 2.62. The summed E-state index contributed by atoms with van der Waals surface area (Å²) >= 11 is 6.06. The largest absolute Gasteiger partial charge is 0.354 e. The Morgan fingerprint density at radius 3 is 2.47 bits per heavy atom. The third kappa shape index (κ3) is 3.57. The molecular weight excluding hydrogens is 260 g/mol. The zero-order valence-electron chi connectivity index (χ0n) is 12.1. The van der Waals surface area contributed by atoms with Crippen molar-refractivity contribution in [1.82, 2.24) is 14.9 Å². The maximum Gasteiger partial charge on any atom is 0.134 e. The van der Waals surface area contributed by atoms with Crippen LogP contribution in [0.3, 0.4) is 0 Å². The standard InChI is InChI=1S/C14H23ClN4/c1-4-11(3)18-6-8-19(9-7-18)14-10-12(15)16-13(5-2)17-14/h10-11H,4-9H2,1-3H3. The quantitative estimate of drug-likeness (QED) is 0.795. The molecule has 0 aromatic carbocycles. The fraction of sp³-hybridized carbons (Fsp3) is 0.714. The summed E-state index contributed by atoms with van der Waals surface area (Å²) in [6.45, 7) is 10.8. The van der Waals surface area contributed by atoms with Gasteiger partial charge in [0.1, 0.15) is 16.8 Å². The second-order valence-electron chi connectivity index (χ2n) is 5.10. The molecule has 106 valence electrons.